The van der Waals surface area contributed by atoms with E-state index in [1.165, 1.54) is 16.0 Å². The van der Waals surface area contributed by atoms with Gasteiger partial charge in [0.05, 0.1) is 5.39 Å². The van der Waals surface area contributed by atoms with E-state index in [0.29, 0.717) is 29.0 Å². The molecule has 0 bridgehead atoms. The molecule has 1 aliphatic rings. The van der Waals surface area contributed by atoms with Crippen molar-refractivity contribution in [3.8, 4) is 0 Å². The minimum atomic E-state index is -0.202. The van der Waals surface area contributed by atoms with Crippen LogP contribution >= 0.6 is 11.3 Å². The van der Waals surface area contributed by atoms with E-state index in [-0.39, 0.29) is 24.0 Å². The van der Waals surface area contributed by atoms with Gasteiger partial charge in [0.2, 0.25) is 11.0 Å². The summed E-state index contributed by atoms with van der Waals surface area (Å²) < 4.78 is 6.85. The predicted octanol–water partition coefficient (Wildman–Crippen LogP) is 1.91. The van der Waals surface area contributed by atoms with Crippen LogP contribution in [0.5, 0.6) is 0 Å². The zero-order valence-corrected chi connectivity index (χ0v) is 15.3. The summed E-state index contributed by atoms with van der Waals surface area (Å²) in [5, 5.41) is 20.6. The number of aryl methyl sites for hydroxylation is 1. The highest BCUT2D eigenvalue weighted by molar-refractivity contribution is 7.15. The van der Waals surface area contributed by atoms with Crippen LogP contribution in [-0.2, 0) is 16.1 Å². The molecule has 9 nitrogen and oxygen atoms in total. The van der Waals surface area contributed by atoms with Crippen LogP contribution in [0.15, 0.2) is 29.1 Å². The lowest BCUT2D eigenvalue weighted by Crippen LogP contribution is -2.25. The van der Waals surface area contributed by atoms with Gasteiger partial charge in [0.15, 0.2) is 0 Å². The predicted molar refractivity (Wildman–Crippen MR) is 99.5 cm³/mol. The van der Waals surface area contributed by atoms with Crippen LogP contribution in [0.25, 0.3) is 10.9 Å². The first-order chi connectivity index (χ1) is 13.2. The van der Waals surface area contributed by atoms with E-state index in [4.69, 9.17) is 4.74 Å². The van der Waals surface area contributed by atoms with E-state index < -0.39 is 0 Å². The lowest BCUT2D eigenvalue weighted by molar-refractivity contribution is -0.116. The lowest BCUT2D eigenvalue weighted by atomic mass is 10.2. The van der Waals surface area contributed by atoms with E-state index in [2.05, 4.69) is 25.8 Å². The number of ether oxygens (including phenoxy) is 1. The molecule has 1 aliphatic heterocycles. The maximum absolute atomic E-state index is 12.4. The number of benzene rings is 1. The summed E-state index contributed by atoms with van der Waals surface area (Å²) in [5.74, 6) is -0.174. The fourth-order valence-electron chi connectivity index (χ4n) is 2.93. The average molecular weight is 386 g/mol. The van der Waals surface area contributed by atoms with Gasteiger partial charge < -0.3 is 10.1 Å². The maximum Gasteiger partial charge on any atom is 0.277 e. The third-order valence-corrected chi connectivity index (χ3v) is 5.23. The fraction of sp³-hybridized carbons (Fsp3) is 0.412. The van der Waals surface area contributed by atoms with Gasteiger partial charge >= 0.3 is 0 Å². The molecule has 1 N–H and O–H groups in total. The Balaban J connectivity index is 1.31. The number of amides is 1. The van der Waals surface area contributed by atoms with Gasteiger partial charge in [-0.15, -0.1) is 15.3 Å². The molecule has 140 valence electrons. The molecule has 0 radical (unpaired) electrons. The largest absolute Gasteiger partial charge is 0.371 e. The third kappa shape index (κ3) is 4.01. The maximum atomic E-state index is 12.4. The topological polar surface area (TPSA) is 112 Å². The van der Waals surface area contributed by atoms with Crippen molar-refractivity contribution < 1.29 is 9.53 Å². The molecule has 1 unspecified atom stereocenters. The van der Waals surface area contributed by atoms with Gasteiger partial charge in [-0.2, -0.15) is 0 Å². The van der Waals surface area contributed by atoms with Crippen molar-refractivity contribution in [3.63, 3.8) is 0 Å². The molecule has 0 aliphatic carbocycles. The molecular formula is C17H18N6O3S. The van der Waals surface area contributed by atoms with Crippen molar-refractivity contribution in [1.29, 1.82) is 0 Å². The van der Waals surface area contributed by atoms with Gasteiger partial charge in [-0.25, -0.2) is 4.68 Å². The van der Waals surface area contributed by atoms with E-state index in [9.17, 15) is 9.59 Å². The Labute approximate surface area is 158 Å². The monoisotopic (exact) mass is 386 g/mol. The van der Waals surface area contributed by atoms with Crippen molar-refractivity contribution in [3.05, 3.63) is 39.6 Å². The van der Waals surface area contributed by atoms with Crippen LogP contribution in [-0.4, -0.2) is 37.7 Å². The van der Waals surface area contributed by atoms with E-state index >= 15 is 0 Å². The summed E-state index contributed by atoms with van der Waals surface area (Å²) in [6.45, 7) is 1.06. The lowest BCUT2D eigenvalue weighted by Gasteiger charge is -2.05. The summed E-state index contributed by atoms with van der Waals surface area (Å²) in [7, 11) is 0. The smallest absolute Gasteiger partial charge is 0.277 e. The standard InChI is InChI=1S/C17H18N6O3S/c24-14(18-17-21-20-15(27-17)13-7-4-10-26-13)8-3-9-23-16(25)11-5-1-2-6-12(11)19-22-23/h1-2,5-6,13H,3-4,7-10H2,(H,18,21,24). The SMILES string of the molecule is O=C(CCCn1nnc2ccccc2c1=O)Nc1nnc(C2CCCO2)s1. The van der Waals surface area contributed by atoms with E-state index in [1.807, 2.05) is 6.07 Å². The molecule has 1 saturated heterocycles. The number of hydrogen-bond acceptors (Lipinski definition) is 8. The van der Waals surface area contributed by atoms with E-state index in [1.54, 1.807) is 18.2 Å². The Kier molecular flexibility index (Phi) is 5.16. The van der Waals surface area contributed by atoms with Crippen LogP contribution in [0, 0.1) is 0 Å². The Hall–Kier alpha value is -2.72. The van der Waals surface area contributed by atoms with Crippen molar-refractivity contribution in [2.45, 2.75) is 38.3 Å². The molecule has 1 amide bonds. The first-order valence-electron chi connectivity index (χ1n) is 8.78. The zero-order chi connectivity index (χ0) is 18.6. The summed E-state index contributed by atoms with van der Waals surface area (Å²) in [4.78, 5) is 24.5. The number of fused-ring (bicyclic) bond motifs is 1. The summed E-state index contributed by atoms with van der Waals surface area (Å²) in [6.07, 6.45) is 2.66. The molecule has 3 heterocycles. The van der Waals surface area contributed by atoms with Gasteiger partial charge in [-0.1, -0.05) is 28.7 Å². The van der Waals surface area contributed by atoms with Gasteiger partial charge in [0.25, 0.3) is 5.56 Å². The summed E-state index contributed by atoms with van der Waals surface area (Å²) in [6, 6.07) is 7.06. The van der Waals surface area contributed by atoms with Crippen molar-refractivity contribution in [2.24, 2.45) is 0 Å². The van der Waals surface area contributed by atoms with Gasteiger partial charge in [0, 0.05) is 19.6 Å². The van der Waals surface area contributed by atoms with Crippen LogP contribution in [0.4, 0.5) is 5.13 Å². The number of rotatable bonds is 6. The Morgan fingerprint density at radius 2 is 2.19 bits per heavy atom. The Morgan fingerprint density at radius 1 is 1.30 bits per heavy atom. The molecule has 2 aromatic heterocycles. The highest BCUT2D eigenvalue weighted by atomic mass is 32.1. The van der Waals surface area contributed by atoms with Gasteiger partial charge in [-0.3, -0.25) is 9.59 Å². The molecule has 3 aromatic rings. The molecular weight excluding hydrogens is 368 g/mol. The molecule has 4 rings (SSSR count). The number of hydrogen-bond donors (Lipinski definition) is 1. The van der Waals surface area contributed by atoms with Crippen molar-refractivity contribution in [1.82, 2.24) is 25.2 Å². The molecule has 1 aromatic carbocycles. The normalized spacial score (nSPS) is 16.7. The third-order valence-electron chi connectivity index (χ3n) is 4.30. The number of nitrogens with zero attached hydrogens (tertiary/aromatic N) is 5. The van der Waals surface area contributed by atoms with Crippen molar-refractivity contribution in [2.75, 3.05) is 11.9 Å². The first-order valence-corrected chi connectivity index (χ1v) is 9.60. The van der Waals surface area contributed by atoms with E-state index in [0.717, 1.165) is 24.5 Å². The van der Waals surface area contributed by atoms with Crippen LogP contribution in [0.1, 0.15) is 36.8 Å². The number of carbonyl (C=O) groups excluding carboxylic acids is 1. The second-order valence-electron chi connectivity index (χ2n) is 6.23. The summed E-state index contributed by atoms with van der Waals surface area (Å²) >= 11 is 1.34. The minimum absolute atomic E-state index is 0.00787. The van der Waals surface area contributed by atoms with Crippen molar-refractivity contribution >= 4 is 33.3 Å². The number of anilines is 1. The number of aromatic nitrogens is 5. The zero-order valence-electron chi connectivity index (χ0n) is 14.5. The second-order valence-corrected chi connectivity index (χ2v) is 7.24. The molecule has 27 heavy (non-hydrogen) atoms. The summed E-state index contributed by atoms with van der Waals surface area (Å²) in [5.41, 5.74) is 0.362. The Morgan fingerprint density at radius 3 is 3.04 bits per heavy atom. The molecule has 0 spiro atoms. The average Bonchev–Trinajstić information content (AvgIpc) is 3.35. The molecule has 10 heteroatoms. The van der Waals surface area contributed by atoms with Crippen LogP contribution < -0.4 is 10.9 Å². The number of carbonyl (C=O) groups is 1. The van der Waals surface area contributed by atoms with Crippen LogP contribution in [0.2, 0.25) is 0 Å². The van der Waals surface area contributed by atoms with Gasteiger partial charge in [0.1, 0.15) is 16.6 Å². The molecule has 1 atom stereocenters. The quantitative estimate of drug-likeness (QED) is 0.689. The second kappa shape index (κ2) is 7.89. The minimum Gasteiger partial charge on any atom is -0.371 e. The number of nitrogens with one attached hydrogen (secondary N) is 1. The highest BCUT2D eigenvalue weighted by Gasteiger charge is 2.22. The first kappa shape index (κ1) is 17.7. The molecule has 1 fully saturated rings. The highest BCUT2D eigenvalue weighted by Crippen LogP contribution is 2.31. The fourth-order valence-corrected chi connectivity index (χ4v) is 3.77. The van der Waals surface area contributed by atoms with Gasteiger partial charge in [-0.05, 0) is 31.4 Å². The molecule has 0 saturated carbocycles. The Bertz CT molecular complexity index is 1010. The van der Waals surface area contributed by atoms with Crippen LogP contribution in [0.3, 0.4) is 0 Å².